The zero-order valence-corrected chi connectivity index (χ0v) is 14.5. The Labute approximate surface area is 132 Å². The third kappa shape index (κ3) is 3.87. The van der Waals surface area contributed by atoms with Crippen molar-refractivity contribution in [2.75, 3.05) is 19.6 Å². The molecule has 0 radical (unpaired) electrons. The summed E-state index contributed by atoms with van der Waals surface area (Å²) in [5.41, 5.74) is 1.32. The number of hydrogen-bond donors (Lipinski definition) is 1. The maximum absolute atomic E-state index is 12.2. The van der Waals surface area contributed by atoms with Gasteiger partial charge in [0.05, 0.1) is 12.2 Å². The van der Waals surface area contributed by atoms with Gasteiger partial charge in [0, 0.05) is 37.9 Å². The van der Waals surface area contributed by atoms with Crippen LogP contribution in [0.4, 0.5) is 0 Å². The summed E-state index contributed by atoms with van der Waals surface area (Å²) in [5, 5.41) is 7.23. The van der Waals surface area contributed by atoms with E-state index in [1.165, 1.54) is 0 Å². The average molecular weight is 308 g/mol. The first kappa shape index (κ1) is 17.0. The van der Waals surface area contributed by atoms with Gasteiger partial charge in [-0.25, -0.2) is 0 Å². The van der Waals surface area contributed by atoms with Gasteiger partial charge in [-0.2, -0.15) is 5.10 Å². The summed E-state index contributed by atoms with van der Waals surface area (Å²) in [6.07, 6.45) is 0.439. The van der Waals surface area contributed by atoms with Crippen molar-refractivity contribution in [1.82, 2.24) is 20.0 Å². The van der Waals surface area contributed by atoms with Gasteiger partial charge in [-0.3, -0.25) is 14.4 Å². The Balaban J connectivity index is 1.95. The molecule has 22 heavy (non-hydrogen) atoms. The maximum Gasteiger partial charge on any atom is 0.271 e. The molecule has 0 aromatic carbocycles. The molecule has 2 rings (SSSR count). The van der Waals surface area contributed by atoms with Crippen molar-refractivity contribution in [2.24, 2.45) is 7.05 Å². The van der Waals surface area contributed by atoms with Crippen molar-refractivity contribution in [1.29, 1.82) is 0 Å². The van der Waals surface area contributed by atoms with E-state index in [-0.39, 0.29) is 23.7 Å². The lowest BCUT2D eigenvalue weighted by molar-refractivity contribution is -0.0948. The summed E-state index contributed by atoms with van der Waals surface area (Å²) in [6.45, 7) is 12.8. The van der Waals surface area contributed by atoms with Crippen LogP contribution in [-0.4, -0.2) is 58.0 Å². The minimum absolute atomic E-state index is 0.119. The Kier molecular flexibility index (Phi) is 4.92. The van der Waals surface area contributed by atoms with Crippen molar-refractivity contribution in [3.63, 3.8) is 0 Å². The molecule has 1 aromatic heterocycles. The molecule has 124 valence electrons. The first-order valence-electron chi connectivity index (χ1n) is 7.88. The van der Waals surface area contributed by atoms with Crippen LogP contribution in [0.25, 0.3) is 0 Å². The quantitative estimate of drug-likeness (QED) is 0.912. The zero-order valence-electron chi connectivity index (χ0n) is 14.5. The number of nitrogens with zero attached hydrogens (tertiary/aromatic N) is 3. The lowest BCUT2D eigenvalue weighted by Gasteiger charge is -2.45. The Morgan fingerprint density at radius 2 is 2.00 bits per heavy atom. The van der Waals surface area contributed by atoms with Crippen LogP contribution in [0.5, 0.6) is 0 Å². The molecule has 0 bridgehead atoms. The first-order valence-corrected chi connectivity index (χ1v) is 7.88. The number of aryl methyl sites for hydroxylation is 2. The molecule has 1 N–H and O–H groups in total. The SMILES string of the molecule is Cc1cc(C(=O)NCC(C)(C)N2CC(C)OC(C)C2)nn1C. The fraction of sp³-hybridized carbons (Fsp3) is 0.750. The van der Waals surface area contributed by atoms with Crippen LogP contribution in [0.3, 0.4) is 0 Å². The van der Waals surface area contributed by atoms with Gasteiger partial charge in [0.2, 0.25) is 0 Å². The summed E-state index contributed by atoms with van der Waals surface area (Å²) >= 11 is 0. The molecule has 0 saturated carbocycles. The van der Waals surface area contributed by atoms with E-state index < -0.39 is 0 Å². The smallest absolute Gasteiger partial charge is 0.271 e. The number of ether oxygens (including phenoxy) is 1. The van der Waals surface area contributed by atoms with Gasteiger partial charge in [0.25, 0.3) is 5.91 Å². The lowest BCUT2D eigenvalue weighted by Crippen LogP contribution is -2.58. The maximum atomic E-state index is 12.2. The van der Waals surface area contributed by atoms with E-state index in [9.17, 15) is 4.79 Å². The van der Waals surface area contributed by atoms with Gasteiger partial charge < -0.3 is 10.1 Å². The molecule has 1 aromatic rings. The zero-order chi connectivity index (χ0) is 16.5. The monoisotopic (exact) mass is 308 g/mol. The molecule has 1 saturated heterocycles. The third-order valence-electron chi connectivity index (χ3n) is 4.30. The van der Waals surface area contributed by atoms with Gasteiger partial charge in [-0.15, -0.1) is 0 Å². The molecule has 6 nitrogen and oxygen atoms in total. The van der Waals surface area contributed by atoms with E-state index in [0.717, 1.165) is 18.8 Å². The van der Waals surface area contributed by atoms with Crippen molar-refractivity contribution in [3.05, 3.63) is 17.5 Å². The standard InChI is InChI=1S/C16H28N4O2/c1-11-7-14(18-19(11)6)15(21)17-10-16(4,5)20-8-12(2)22-13(3)9-20/h7,12-13H,8-10H2,1-6H3,(H,17,21). The van der Waals surface area contributed by atoms with Gasteiger partial charge in [0.15, 0.2) is 0 Å². The highest BCUT2D eigenvalue weighted by atomic mass is 16.5. The molecule has 0 aliphatic carbocycles. The van der Waals surface area contributed by atoms with Crippen LogP contribution < -0.4 is 5.32 Å². The second-order valence-corrected chi connectivity index (χ2v) is 6.95. The van der Waals surface area contributed by atoms with Crippen LogP contribution in [0.2, 0.25) is 0 Å². The van der Waals surface area contributed by atoms with E-state index in [1.807, 2.05) is 14.0 Å². The highest BCUT2D eigenvalue weighted by Gasteiger charge is 2.33. The van der Waals surface area contributed by atoms with Crippen LogP contribution >= 0.6 is 0 Å². The second-order valence-electron chi connectivity index (χ2n) is 6.95. The van der Waals surface area contributed by atoms with Crippen molar-refractivity contribution < 1.29 is 9.53 Å². The highest BCUT2D eigenvalue weighted by Crippen LogP contribution is 2.20. The summed E-state index contributed by atoms with van der Waals surface area (Å²) in [4.78, 5) is 14.6. The fourth-order valence-electron chi connectivity index (χ4n) is 2.84. The van der Waals surface area contributed by atoms with Gasteiger partial charge in [-0.1, -0.05) is 0 Å². The number of rotatable bonds is 4. The molecule has 1 fully saturated rings. The number of amides is 1. The number of aromatic nitrogens is 2. The Morgan fingerprint density at radius 3 is 2.50 bits per heavy atom. The Bertz CT molecular complexity index is 509. The molecule has 2 atom stereocenters. The van der Waals surface area contributed by atoms with E-state index >= 15 is 0 Å². The molecule has 2 heterocycles. The molecular weight excluding hydrogens is 280 g/mol. The summed E-state index contributed by atoms with van der Waals surface area (Å²) in [5.74, 6) is -0.119. The van der Waals surface area contributed by atoms with Crippen molar-refractivity contribution >= 4 is 5.91 Å². The molecule has 0 spiro atoms. The van der Waals surface area contributed by atoms with Crippen LogP contribution in [-0.2, 0) is 11.8 Å². The number of morpholine rings is 1. The fourth-order valence-corrected chi connectivity index (χ4v) is 2.84. The average Bonchev–Trinajstić information content (AvgIpc) is 2.75. The predicted molar refractivity (Wildman–Crippen MR) is 85.9 cm³/mol. The largest absolute Gasteiger partial charge is 0.373 e. The molecular formula is C16H28N4O2. The van der Waals surface area contributed by atoms with E-state index in [0.29, 0.717) is 12.2 Å². The number of carbonyl (C=O) groups excluding carboxylic acids is 1. The topological polar surface area (TPSA) is 59.4 Å². The summed E-state index contributed by atoms with van der Waals surface area (Å²) in [7, 11) is 1.84. The normalized spacial score (nSPS) is 23.5. The number of hydrogen-bond acceptors (Lipinski definition) is 4. The lowest BCUT2D eigenvalue weighted by atomic mass is 10.00. The molecule has 1 aliphatic heterocycles. The van der Waals surface area contributed by atoms with Crippen LogP contribution in [0.1, 0.15) is 43.9 Å². The Morgan fingerprint density at radius 1 is 1.41 bits per heavy atom. The van der Waals surface area contributed by atoms with Gasteiger partial charge in [-0.05, 0) is 40.7 Å². The Hall–Kier alpha value is -1.40. The minimum Gasteiger partial charge on any atom is -0.373 e. The van der Waals surface area contributed by atoms with Gasteiger partial charge in [0.1, 0.15) is 5.69 Å². The molecule has 1 aliphatic rings. The molecule has 6 heteroatoms. The van der Waals surface area contributed by atoms with Crippen LogP contribution in [0, 0.1) is 6.92 Å². The number of carbonyl (C=O) groups is 1. The minimum atomic E-state index is -0.119. The molecule has 2 unspecified atom stereocenters. The van der Waals surface area contributed by atoms with E-state index in [1.54, 1.807) is 10.7 Å². The summed E-state index contributed by atoms with van der Waals surface area (Å²) in [6, 6.07) is 1.81. The summed E-state index contributed by atoms with van der Waals surface area (Å²) < 4.78 is 7.49. The highest BCUT2D eigenvalue weighted by molar-refractivity contribution is 5.92. The first-order chi connectivity index (χ1) is 10.2. The van der Waals surface area contributed by atoms with E-state index in [2.05, 4.69) is 43.0 Å². The predicted octanol–water partition coefficient (Wildman–Crippen LogP) is 1.35. The third-order valence-corrected chi connectivity index (χ3v) is 4.30. The van der Waals surface area contributed by atoms with Crippen molar-refractivity contribution in [3.8, 4) is 0 Å². The van der Waals surface area contributed by atoms with E-state index in [4.69, 9.17) is 4.74 Å². The molecule has 1 amide bonds. The number of nitrogens with one attached hydrogen (secondary N) is 1. The van der Waals surface area contributed by atoms with Crippen molar-refractivity contribution in [2.45, 2.75) is 52.4 Å². The van der Waals surface area contributed by atoms with Gasteiger partial charge >= 0.3 is 0 Å². The van der Waals surface area contributed by atoms with Crippen LogP contribution in [0.15, 0.2) is 6.07 Å². The second kappa shape index (κ2) is 6.38.